The van der Waals surface area contributed by atoms with Gasteiger partial charge in [0, 0.05) is 13.0 Å². The topological polar surface area (TPSA) is 63.4 Å². The summed E-state index contributed by atoms with van der Waals surface area (Å²) in [7, 11) is 5.95. The molecule has 2 N–H and O–H groups in total. The zero-order chi connectivity index (χ0) is 13.1. The first-order valence-electron chi connectivity index (χ1n) is 6.21. The summed E-state index contributed by atoms with van der Waals surface area (Å²) in [4.78, 5) is 25.2. The highest BCUT2D eigenvalue weighted by Crippen LogP contribution is 2.12. The van der Waals surface area contributed by atoms with Crippen LogP contribution in [-0.4, -0.2) is 61.5 Å². The molecule has 0 saturated carbocycles. The van der Waals surface area contributed by atoms with Crippen LogP contribution in [0.4, 0.5) is 0 Å². The van der Waals surface area contributed by atoms with Crippen LogP contribution in [0.25, 0.3) is 0 Å². The molecule has 1 aliphatic heterocycles. The van der Waals surface area contributed by atoms with Crippen LogP contribution < -0.4 is 5.73 Å². The lowest BCUT2D eigenvalue weighted by Crippen LogP contribution is -2.54. The summed E-state index contributed by atoms with van der Waals surface area (Å²) >= 11 is 0. The Bertz CT molecular complexity index is 297. The number of imide groups is 1. The van der Waals surface area contributed by atoms with Gasteiger partial charge in [-0.1, -0.05) is 6.42 Å². The first-order chi connectivity index (χ1) is 7.81. The Kier molecular flexibility index (Phi) is 4.65. The van der Waals surface area contributed by atoms with Crippen molar-refractivity contribution in [1.29, 1.82) is 0 Å². The molecule has 0 aliphatic carbocycles. The van der Waals surface area contributed by atoms with Gasteiger partial charge in [0.1, 0.15) is 12.6 Å². The summed E-state index contributed by atoms with van der Waals surface area (Å²) in [5.41, 5.74) is 5.89. The first-order valence-corrected chi connectivity index (χ1v) is 6.21. The van der Waals surface area contributed by atoms with Gasteiger partial charge in [-0.2, -0.15) is 0 Å². The molecule has 1 rings (SSSR count). The lowest BCUT2D eigenvalue weighted by Gasteiger charge is -2.29. The fourth-order valence-corrected chi connectivity index (χ4v) is 2.08. The van der Waals surface area contributed by atoms with Gasteiger partial charge in [-0.25, -0.2) is 0 Å². The van der Waals surface area contributed by atoms with E-state index in [1.165, 1.54) is 4.90 Å². The van der Waals surface area contributed by atoms with Crippen LogP contribution in [0, 0.1) is 0 Å². The van der Waals surface area contributed by atoms with E-state index in [2.05, 4.69) is 0 Å². The van der Waals surface area contributed by atoms with E-state index in [9.17, 15) is 9.59 Å². The van der Waals surface area contributed by atoms with Crippen LogP contribution in [0.1, 0.15) is 25.7 Å². The van der Waals surface area contributed by atoms with E-state index >= 15 is 0 Å². The molecular weight excluding hydrogens is 218 g/mol. The summed E-state index contributed by atoms with van der Waals surface area (Å²) < 4.78 is 0.620. The third kappa shape index (κ3) is 4.44. The summed E-state index contributed by atoms with van der Waals surface area (Å²) in [6, 6.07) is -0.586. The Labute approximate surface area is 103 Å². The monoisotopic (exact) mass is 242 g/mol. The Balaban J connectivity index is 2.64. The normalized spacial score (nSPS) is 20.0. The van der Waals surface area contributed by atoms with Gasteiger partial charge in [0.25, 0.3) is 5.91 Å². The number of carbonyl (C=O) groups is 2. The maximum atomic E-state index is 12.1. The number of quaternary nitrogens is 1. The minimum absolute atomic E-state index is 0.0654. The largest absolute Gasteiger partial charge is 0.329 e. The number of amides is 2. The van der Waals surface area contributed by atoms with Crippen LogP contribution in [0.15, 0.2) is 0 Å². The summed E-state index contributed by atoms with van der Waals surface area (Å²) in [6.07, 6.45) is 3.27. The molecule has 98 valence electrons. The van der Waals surface area contributed by atoms with E-state index in [-0.39, 0.29) is 11.8 Å². The SMILES string of the molecule is C[N+](C)(C)CC(N)C(=O)N1CCCCCC1=O. The highest BCUT2D eigenvalue weighted by atomic mass is 16.2. The van der Waals surface area contributed by atoms with Crippen molar-refractivity contribution in [3.8, 4) is 0 Å². The van der Waals surface area contributed by atoms with E-state index in [1.807, 2.05) is 21.1 Å². The molecule has 1 unspecified atom stereocenters. The van der Waals surface area contributed by atoms with Crippen LogP contribution in [0.2, 0.25) is 0 Å². The minimum atomic E-state index is -0.586. The number of nitrogens with zero attached hydrogens (tertiary/aromatic N) is 2. The number of rotatable bonds is 3. The van der Waals surface area contributed by atoms with Crippen molar-refractivity contribution < 1.29 is 14.1 Å². The van der Waals surface area contributed by atoms with Crippen LogP contribution in [0.5, 0.6) is 0 Å². The van der Waals surface area contributed by atoms with Gasteiger partial charge in [0.2, 0.25) is 5.91 Å². The van der Waals surface area contributed by atoms with E-state index in [4.69, 9.17) is 5.73 Å². The molecule has 1 heterocycles. The fourth-order valence-electron chi connectivity index (χ4n) is 2.08. The number of nitrogens with two attached hydrogens (primary N) is 1. The molecule has 5 nitrogen and oxygen atoms in total. The third-order valence-corrected chi connectivity index (χ3v) is 2.90. The quantitative estimate of drug-likeness (QED) is 0.706. The number of likely N-dealkylation sites (N-methyl/N-ethyl adjacent to an activating group) is 1. The Hall–Kier alpha value is -0.940. The van der Waals surface area contributed by atoms with Gasteiger partial charge in [-0.05, 0) is 12.8 Å². The van der Waals surface area contributed by atoms with E-state index < -0.39 is 6.04 Å². The van der Waals surface area contributed by atoms with Crippen LogP contribution in [0.3, 0.4) is 0 Å². The molecule has 17 heavy (non-hydrogen) atoms. The predicted octanol–water partition coefficient (Wildman–Crippen LogP) is -0.0509. The maximum absolute atomic E-state index is 12.1. The van der Waals surface area contributed by atoms with Crippen molar-refractivity contribution in [3.63, 3.8) is 0 Å². The number of hydrogen-bond acceptors (Lipinski definition) is 3. The molecule has 1 saturated heterocycles. The van der Waals surface area contributed by atoms with Gasteiger partial charge in [0.05, 0.1) is 21.1 Å². The van der Waals surface area contributed by atoms with Gasteiger partial charge in [-0.15, -0.1) is 0 Å². The molecule has 0 aromatic heterocycles. The van der Waals surface area contributed by atoms with Gasteiger partial charge in [0.15, 0.2) is 0 Å². The molecule has 0 radical (unpaired) electrons. The van der Waals surface area contributed by atoms with E-state index in [0.717, 1.165) is 19.3 Å². The predicted molar refractivity (Wildman–Crippen MR) is 66.1 cm³/mol. The Morgan fingerprint density at radius 1 is 1.35 bits per heavy atom. The second-order valence-electron chi connectivity index (χ2n) is 5.77. The summed E-state index contributed by atoms with van der Waals surface area (Å²) in [5, 5.41) is 0. The summed E-state index contributed by atoms with van der Waals surface area (Å²) in [6.45, 7) is 1.07. The van der Waals surface area contributed by atoms with Crippen molar-refractivity contribution in [2.24, 2.45) is 5.73 Å². The maximum Gasteiger partial charge on any atom is 0.251 e. The van der Waals surface area contributed by atoms with Crippen molar-refractivity contribution in [2.45, 2.75) is 31.7 Å². The smallest absolute Gasteiger partial charge is 0.251 e. The fraction of sp³-hybridized carbons (Fsp3) is 0.833. The van der Waals surface area contributed by atoms with Gasteiger partial charge < -0.3 is 10.2 Å². The average molecular weight is 242 g/mol. The van der Waals surface area contributed by atoms with E-state index in [1.54, 1.807) is 0 Å². The molecule has 1 fully saturated rings. The Morgan fingerprint density at radius 2 is 2.00 bits per heavy atom. The molecule has 0 bridgehead atoms. The van der Waals surface area contributed by atoms with E-state index in [0.29, 0.717) is 24.0 Å². The van der Waals surface area contributed by atoms with Gasteiger partial charge >= 0.3 is 0 Å². The van der Waals surface area contributed by atoms with Crippen molar-refractivity contribution in [2.75, 3.05) is 34.2 Å². The minimum Gasteiger partial charge on any atom is -0.329 e. The lowest BCUT2D eigenvalue weighted by atomic mass is 10.2. The molecule has 2 amide bonds. The standard InChI is InChI=1S/C12H24N3O2/c1-15(2,3)9-10(13)12(17)14-8-6-4-5-7-11(14)16/h10H,4-9,13H2,1-3H3/q+1. The molecule has 5 heteroatoms. The van der Waals surface area contributed by atoms with Crippen LogP contribution >= 0.6 is 0 Å². The molecule has 0 aromatic rings. The highest BCUT2D eigenvalue weighted by Gasteiger charge is 2.30. The van der Waals surface area contributed by atoms with Crippen LogP contribution in [-0.2, 0) is 9.59 Å². The van der Waals surface area contributed by atoms with Gasteiger partial charge in [-0.3, -0.25) is 14.5 Å². The van der Waals surface area contributed by atoms with Crippen molar-refractivity contribution in [3.05, 3.63) is 0 Å². The number of hydrogen-bond donors (Lipinski definition) is 1. The Morgan fingerprint density at radius 3 is 2.59 bits per heavy atom. The molecule has 0 spiro atoms. The zero-order valence-electron chi connectivity index (χ0n) is 11.1. The lowest BCUT2D eigenvalue weighted by molar-refractivity contribution is -0.870. The van der Waals surface area contributed by atoms with Crippen molar-refractivity contribution in [1.82, 2.24) is 4.90 Å². The second-order valence-corrected chi connectivity index (χ2v) is 5.77. The highest BCUT2D eigenvalue weighted by molar-refractivity contribution is 5.97. The number of carbonyl (C=O) groups excluding carboxylic acids is 2. The molecule has 1 aliphatic rings. The zero-order valence-corrected chi connectivity index (χ0v) is 11.1. The third-order valence-electron chi connectivity index (χ3n) is 2.90. The molecule has 0 aromatic carbocycles. The summed E-state index contributed by atoms with van der Waals surface area (Å²) in [5.74, 6) is -0.283. The first kappa shape index (κ1) is 14.1. The number of likely N-dealkylation sites (tertiary alicyclic amines) is 1. The average Bonchev–Trinajstić information content (AvgIpc) is 2.39. The molecule has 1 atom stereocenters. The van der Waals surface area contributed by atoms with Crippen molar-refractivity contribution >= 4 is 11.8 Å². The second kappa shape index (κ2) is 5.60. The molecular formula is C12H24N3O2+.